The highest BCUT2D eigenvalue weighted by Gasteiger charge is 2.16. The summed E-state index contributed by atoms with van der Waals surface area (Å²) in [6.07, 6.45) is 0. The lowest BCUT2D eigenvalue weighted by Crippen LogP contribution is -2.14. The number of oxazole rings is 1. The Hall–Kier alpha value is -3.12. The summed E-state index contributed by atoms with van der Waals surface area (Å²) in [7, 11) is 1.54. The van der Waals surface area contributed by atoms with Crippen molar-refractivity contribution in [3.63, 3.8) is 0 Å². The third-order valence-electron chi connectivity index (χ3n) is 5.14. The summed E-state index contributed by atoms with van der Waals surface area (Å²) in [6.45, 7) is 6.04. The minimum Gasteiger partial charge on any atom is -0.496 e. The van der Waals surface area contributed by atoms with Crippen molar-refractivity contribution in [1.29, 1.82) is 0 Å². The van der Waals surface area contributed by atoms with Crippen molar-refractivity contribution in [1.82, 2.24) is 4.98 Å². The fourth-order valence-electron chi connectivity index (χ4n) is 3.24. The molecule has 30 heavy (non-hydrogen) atoms. The number of methoxy groups -OCH3 is 1. The zero-order chi connectivity index (χ0) is 21.4. The van der Waals surface area contributed by atoms with Crippen molar-refractivity contribution in [2.75, 3.05) is 12.4 Å². The molecule has 4 rings (SSSR count). The maximum atomic E-state index is 12.9. The summed E-state index contributed by atoms with van der Waals surface area (Å²) in [4.78, 5) is 17.5. The monoisotopic (exact) mass is 464 g/mol. The van der Waals surface area contributed by atoms with Gasteiger partial charge < -0.3 is 14.5 Å². The van der Waals surface area contributed by atoms with Gasteiger partial charge >= 0.3 is 0 Å². The largest absolute Gasteiger partial charge is 0.496 e. The molecule has 0 saturated carbocycles. The Kier molecular flexibility index (Phi) is 5.35. The Bertz CT molecular complexity index is 1240. The zero-order valence-electron chi connectivity index (χ0n) is 17.2. The van der Waals surface area contributed by atoms with E-state index in [0.29, 0.717) is 22.9 Å². The number of halogens is 1. The zero-order valence-corrected chi connectivity index (χ0v) is 18.8. The first-order chi connectivity index (χ1) is 14.4. The lowest BCUT2D eigenvalue weighted by atomic mass is 10.1. The molecule has 0 bridgehead atoms. The van der Waals surface area contributed by atoms with E-state index < -0.39 is 0 Å². The number of hydrogen-bond acceptors (Lipinski definition) is 4. The van der Waals surface area contributed by atoms with Gasteiger partial charge in [0.05, 0.1) is 12.7 Å². The fourth-order valence-corrected chi connectivity index (χ4v) is 3.60. The average molecular weight is 465 g/mol. The highest BCUT2D eigenvalue weighted by Crippen LogP contribution is 2.30. The molecule has 0 fully saturated rings. The first kappa shape index (κ1) is 20.2. The molecule has 0 saturated heterocycles. The van der Waals surface area contributed by atoms with Crippen molar-refractivity contribution in [2.45, 2.75) is 20.8 Å². The molecule has 0 aliphatic rings. The Morgan fingerprint density at radius 1 is 1.00 bits per heavy atom. The van der Waals surface area contributed by atoms with E-state index >= 15 is 0 Å². The third-order valence-corrected chi connectivity index (χ3v) is 5.64. The summed E-state index contributed by atoms with van der Waals surface area (Å²) in [6, 6.07) is 15.1. The third kappa shape index (κ3) is 3.83. The minimum absolute atomic E-state index is 0.253. The van der Waals surface area contributed by atoms with Crippen molar-refractivity contribution >= 4 is 38.6 Å². The smallest absolute Gasteiger partial charge is 0.259 e. The maximum Gasteiger partial charge on any atom is 0.259 e. The van der Waals surface area contributed by atoms with Crippen LogP contribution >= 0.6 is 15.9 Å². The fraction of sp³-hybridized carbons (Fsp3) is 0.167. The van der Waals surface area contributed by atoms with E-state index in [-0.39, 0.29) is 5.91 Å². The van der Waals surface area contributed by atoms with E-state index in [1.807, 2.05) is 50.2 Å². The topological polar surface area (TPSA) is 64.4 Å². The molecular weight excluding hydrogens is 444 g/mol. The van der Waals surface area contributed by atoms with Crippen molar-refractivity contribution in [3.05, 3.63) is 75.3 Å². The van der Waals surface area contributed by atoms with Crippen LogP contribution in [0.15, 0.2) is 57.4 Å². The number of hydrogen-bond donors (Lipinski definition) is 1. The molecule has 1 amide bonds. The molecule has 0 atom stereocenters. The summed E-state index contributed by atoms with van der Waals surface area (Å²) in [5, 5.41) is 2.98. The number of carbonyl (C=O) groups excluding carboxylic acids is 1. The number of benzene rings is 3. The SMILES string of the molecule is COc1ccc(Br)cc1C(=O)Nc1cc(-c2nc3cc(C)c(C)cc3o2)ccc1C. The van der Waals surface area contributed by atoms with Crippen molar-refractivity contribution in [2.24, 2.45) is 0 Å². The first-order valence-corrected chi connectivity index (χ1v) is 10.3. The summed E-state index contributed by atoms with van der Waals surface area (Å²) < 4.78 is 12.1. The standard InChI is InChI=1S/C24H21BrN2O3/c1-13-5-6-16(24-27-20-9-14(2)15(3)10-22(20)30-24)11-19(13)26-23(28)18-12-17(25)7-8-21(18)29-4/h5-12H,1-4H3,(H,26,28). The van der Waals surface area contributed by atoms with Crippen LogP contribution in [0.5, 0.6) is 5.75 Å². The van der Waals surface area contributed by atoms with E-state index in [9.17, 15) is 4.79 Å². The van der Waals surface area contributed by atoms with Gasteiger partial charge in [0, 0.05) is 15.7 Å². The number of aromatic nitrogens is 1. The number of aryl methyl sites for hydroxylation is 3. The average Bonchev–Trinajstić information content (AvgIpc) is 3.12. The highest BCUT2D eigenvalue weighted by molar-refractivity contribution is 9.10. The van der Waals surface area contributed by atoms with Crippen LogP contribution in [0.1, 0.15) is 27.0 Å². The number of nitrogens with zero attached hydrogens (tertiary/aromatic N) is 1. The van der Waals surface area contributed by atoms with Crippen LogP contribution < -0.4 is 10.1 Å². The lowest BCUT2D eigenvalue weighted by Gasteiger charge is -2.12. The van der Waals surface area contributed by atoms with Gasteiger partial charge in [-0.05, 0) is 79.9 Å². The van der Waals surface area contributed by atoms with Crippen LogP contribution in [0.2, 0.25) is 0 Å². The predicted molar refractivity (Wildman–Crippen MR) is 122 cm³/mol. The Morgan fingerprint density at radius 3 is 2.53 bits per heavy atom. The number of carbonyl (C=O) groups is 1. The van der Waals surface area contributed by atoms with E-state index in [2.05, 4.69) is 33.2 Å². The molecule has 0 unspecified atom stereocenters. The van der Waals surface area contributed by atoms with Gasteiger partial charge in [0.15, 0.2) is 5.58 Å². The lowest BCUT2D eigenvalue weighted by molar-refractivity contribution is 0.102. The van der Waals surface area contributed by atoms with Gasteiger partial charge in [-0.25, -0.2) is 4.98 Å². The van der Waals surface area contributed by atoms with Crippen molar-refractivity contribution in [3.8, 4) is 17.2 Å². The van der Waals surface area contributed by atoms with Gasteiger partial charge in [-0.1, -0.05) is 22.0 Å². The van der Waals surface area contributed by atoms with Crippen LogP contribution in [0.4, 0.5) is 5.69 Å². The summed E-state index contributed by atoms with van der Waals surface area (Å²) in [5.41, 5.74) is 6.76. The van der Waals surface area contributed by atoms with E-state index in [1.54, 1.807) is 19.2 Å². The number of rotatable bonds is 4. The molecule has 4 aromatic rings. The molecule has 152 valence electrons. The molecule has 0 aliphatic heterocycles. The second-order valence-corrected chi connectivity index (χ2v) is 8.17. The molecule has 1 N–H and O–H groups in total. The first-order valence-electron chi connectivity index (χ1n) is 9.49. The summed E-state index contributed by atoms with van der Waals surface area (Å²) >= 11 is 3.41. The highest BCUT2D eigenvalue weighted by atomic mass is 79.9. The second-order valence-electron chi connectivity index (χ2n) is 7.25. The van der Waals surface area contributed by atoms with Crippen LogP contribution in [0.3, 0.4) is 0 Å². The maximum absolute atomic E-state index is 12.9. The van der Waals surface area contributed by atoms with E-state index in [0.717, 1.165) is 32.3 Å². The Labute approximate surface area is 183 Å². The number of nitrogens with one attached hydrogen (secondary N) is 1. The Morgan fingerprint density at radius 2 is 1.77 bits per heavy atom. The van der Waals surface area contributed by atoms with Gasteiger partial charge in [-0.3, -0.25) is 4.79 Å². The predicted octanol–water partition coefficient (Wildman–Crippen LogP) is 6.44. The quantitative estimate of drug-likeness (QED) is 0.377. The molecule has 0 aliphatic carbocycles. The molecule has 3 aromatic carbocycles. The van der Waals surface area contributed by atoms with Crippen LogP contribution in [0, 0.1) is 20.8 Å². The summed E-state index contributed by atoms with van der Waals surface area (Å²) in [5.74, 6) is 0.775. The second kappa shape index (κ2) is 7.95. The van der Waals surface area contributed by atoms with Crippen LogP contribution in [0.25, 0.3) is 22.6 Å². The molecule has 0 radical (unpaired) electrons. The van der Waals surface area contributed by atoms with Gasteiger partial charge in [0.1, 0.15) is 11.3 Å². The van der Waals surface area contributed by atoms with E-state index in [1.165, 1.54) is 5.56 Å². The number of fused-ring (bicyclic) bond motifs is 1. The van der Waals surface area contributed by atoms with Crippen LogP contribution in [-0.4, -0.2) is 18.0 Å². The van der Waals surface area contributed by atoms with Crippen LogP contribution in [-0.2, 0) is 0 Å². The van der Waals surface area contributed by atoms with Crippen molar-refractivity contribution < 1.29 is 13.9 Å². The molecular formula is C24H21BrN2O3. The van der Waals surface area contributed by atoms with Gasteiger partial charge in [-0.2, -0.15) is 0 Å². The van der Waals surface area contributed by atoms with Gasteiger partial charge in [0.2, 0.25) is 5.89 Å². The molecule has 6 heteroatoms. The Balaban J connectivity index is 1.69. The molecule has 1 heterocycles. The van der Waals surface area contributed by atoms with Gasteiger partial charge in [0.25, 0.3) is 5.91 Å². The molecule has 0 spiro atoms. The molecule has 1 aromatic heterocycles. The number of amides is 1. The number of anilines is 1. The molecule has 5 nitrogen and oxygen atoms in total. The van der Waals surface area contributed by atoms with E-state index in [4.69, 9.17) is 9.15 Å². The minimum atomic E-state index is -0.253. The number of ether oxygens (including phenoxy) is 1. The van der Waals surface area contributed by atoms with Gasteiger partial charge in [-0.15, -0.1) is 0 Å². The normalized spacial score (nSPS) is 11.0.